The van der Waals surface area contributed by atoms with Crippen LogP contribution in [-0.4, -0.2) is 30.5 Å². The fourth-order valence-corrected chi connectivity index (χ4v) is 3.33. The van der Waals surface area contributed by atoms with Crippen molar-refractivity contribution in [3.05, 3.63) is 40.8 Å². The molecule has 1 aromatic heterocycles. The molecule has 1 aromatic carbocycles. The van der Waals surface area contributed by atoms with Crippen LogP contribution in [0.15, 0.2) is 35.2 Å². The average molecular weight is 301 g/mol. The zero-order valence-electron chi connectivity index (χ0n) is 12.2. The van der Waals surface area contributed by atoms with Crippen LogP contribution in [0.5, 0.6) is 0 Å². The van der Waals surface area contributed by atoms with Gasteiger partial charge in [0.2, 0.25) is 5.91 Å². The van der Waals surface area contributed by atoms with Gasteiger partial charge >= 0.3 is 0 Å². The van der Waals surface area contributed by atoms with Gasteiger partial charge in [-0.05, 0) is 25.5 Å². The first-order valence-electron chi connectivity index (χ1n) is 7.31. The summed E-state index contributed by atoms with van der Waals surface area (Å²) in [5.41, 5.74) is 5.02. The summed E-state index contributed by atoms with van der Waals surface area (Å²) in [4.78, 5) is 21.0. The van der Waals surface area contributed by atoms with E-state index in [1.165, 1.54) is 0 Å². The van der Waals surface area contributed by atoms with Crippen molar-refractivity contribution in [2.75, 3.05) is 29.4 Å². The lowest BCUT2D eigenvalue weighted by Gasteiger charge is -2.37. The molecule has 1 aliphatic heterocycles. The molecule has 110 valence electrons. The van der Waals surface area contributed by atoms with E-state index in [1.807, 2.05) is 34.0 Å². The van der Waals surface area contributed by atoms with Gasteiger partial charge in [0.15, 0.2) is 0 Å². The number of thiazole rings is 1. The van der Waals surface area contributed by atoms with E-state index in [0.29, 0.717) is 6.42 Å². The first kappa shape index (κ1) is 14.1. The molecule has 0 spiro atoms. The molecule has 4 nitrogen and oxygen atoms in total. The zero-order valence-corrected chi connectivity index (χ0v) is 13.0. The summed E-state index contributed by atoms with van der Waals surface area (Å²) >= 11 is 1.58. The molecule has 21 heavy (non-hydrogen) atoms. The van der Waals surface area contributed by atoms with Crippen LogP contribution in [0.25, 0.3) is 0 Å². The molecule has 0 fully saturated rings. The van der Waals surface area contributed by atoms with Crippen LogP contribution in [0.4, 0.5) is 11.4 Å². The smallest absolute Gasteiger partial charge is 0.227 e. The lowest BCUT2D eigenvalue weighted by atomic mass is 10.1. The number of aromatic nitrogens is 1. The largest absolute Gasteiger partial charge is 0.368 e. The van der Waals surface area contributed by atoms with Crippen molar-refractivity contribution >= 4 is 28.6 Å². The van der Waals surface area contributed by atoms with E-state index in [9.17, 15) is 4.79 Å². The minimum Gasteiger partial charge on any atom is -0.368 e. The summed E-state index contributed by atoms with van der Waals surface area (Å²) in [5, 5.41) is 2.01. The van der Waals surface area contributed by atoms with Gasteiger partial charge in [0.05, 0.1) is 22.6 Å². The third kappa shape index (κ3) is 2.93. The van der Waals surface area contributed by atoms with Gasteiger partial charge in [-0.2, -0.15) is 0 Å². The molecule has 0 aliphatic carbocycles. The molecule has 0 saturated carbocycles. The van der Waals surface area contributed by atoms with Crippen LogP contribution >= 0.6 is 11.3 Å². The number of rotatable bonds is 4. The Morgan fingerprint density at radius 2 is 2.10 bits per heavy atom. The quantitative estimate of drug-likeness (QED) is 0.871. The lowest BCUT2D eigenvalue weighted by Crippen LogP contribution is -2.44. The number of fused-ring (bicyclic) bond motifs is 1. The highest BCUT2D eigenvalue weighted by molar-refractivity contribution is 7.07. The van der Waals surface area contributed by atoms with E-state index in [0.717, 1.165) is 43.1 Å². The number of aryl methyl sites for hydroxylation is 1. The van der Waals surface area contributed by atoms with Gasteiger partial charge < -0.3 is 9.80 Å². The van der Waals surface area contributed by atoms with Gasteiger partial charge in [0, 0.05) is 31.4 Å². The second-order valence-electron chi connectivity index (χ2n) is 5.09. The SMILES string of the molecule is CCN1CCN(C(=O)CCc2cscn2)c2ccccc21. The molecule has 0 bridgehead atoms. The number of carbonyl (C=O) groups excluding carboxylic acids is 1. The summed E-state index contributed by atoms with van der Waals surface area (Å²) in [5.74, 6) is 0.186. The number of hydrogen-bond donors (Lipinski definition) is 0. The Hall–Kier alpha value is -1.88. The predicted molar refractivity (Wildman–Crippen MR) is 87.1 cm³/mol. The van der Waals surface area contributed by atoms with Gasteiger partial charge in [0.25, 0.3) is 0 Å². The number of benzene rings is 1. The Labute approximate surface area is 129 Å². The monoisotopic (exact) mass is 301 g/mol. The number of anilines is 2. The normalized spacial score (nSPS) is 14.1. The minimum atomic E-state index is 0.186. The second kappa shape index (κ2) is 6.26. The van der Waals surface area contributed by atoms with E-state index >= 15 is 0 Å². The van der Waals surface area contributed by atoms with Crippen molar-refractivity contribution in [3.63, 3.8) is 0 Å². The molecule has 2 aromatic rings. The van der Waals surface area contributed by atoms with Crippen LogP contribution < -0.4 is 9.80 Å². The van der Waals surface area contributed by atoms with E-state index in [1.54, 1.807) is 11.3 Å². The van der Waals surface area contributed by atoms with Gasteiger partial charge in [-0.1, -0.05) is 12.1 Å². The topological polar surface area (TPSA) is 36.4 Å². The van der Waals surface area contributed by atoms with Crippen LogP contribution in [0.2, 0.25) is 0 Å². The third-order valence-corrected chi connectivity index (χ3v) is 4.50. The van der Waals surface area contributed by atoms with Gasteiger partial charge in [-0.15, -0.1) is 11.3 Å². The molecule has 1 aliphatic rings. The number of carbonyl (C=O) groups is 1. The second-order valence-corrected chi connectivity index (χ2v) is 5.81. The summed E-state index contributed by atoms with van der Waals surface area (Å²) in [7, 11) is 0. The van der Waals surface area contributed by atoms with Crippen LogP contribution in [0.3, 0.4) is 0 Å². The highest BCUT2D eigenvalue weighted by Gasteiger charge is 2.25. The maximum Gasteiger partial charge on any atom is 0.227 e. The van der Waals surface area contributed by atoms with Crippen molar-refractivity contribution in [3.8, 4) is 0 Å². The molecule has 0 atom stereocenters. The van der Waals surface area contributed by atoms with E-state index in [4.69, 9.17) is 0 Å². The third-order valence-electron chi connectivity index (χ3n) is 3.87. The molecule has 1 amide bonds. The summed E-state index contributed by atoms with van der Waals surface area (Å²) in [6.45, 7) is 4.78. The maximum absolute atomic E-state index is 12.5. The Kier molecular flexibility index (Phi) is 4.20. The average Bonchev–Trinajstić information content (AvgIpc) is 3.05. The highest BCUT2D eigenvalue weighted by Crippen LogP contribution is 2.32. The molecule has 2 heterocycles. The standard InChI is InChI=1S/C16H19N3OS/c1-2-18-9-10-19(15-6-4-3-5-14(15)18)16(20)8-7-13-11-21-12-17-13/h3-6,11-12H,2,7-10H2,1H3. The Balaban J connectivity index is 1.75. The lowest BCUT2D eigenvalue weighted by molar-refractivity contribution is -0.118. The summed E-state index contributed by atoms with van der Waals surface area (Å²) in [6.07, 6.45) is 1.24. The summed E-state index contributed by atoms with van der Waals surface area (Å²) in [6, 6.07) is 8.17. The molecule has 0 saturated heterocycles. The number of likely N-dealkylation sites (N-methyl/N-ethyl adjacent to an activating group) is 1. The van der Waals surface area contributed by atoms with Crippen LogP contribution in [-0.2, 0) is 11.2 Å². The van der Waals surface area contributed by atoms with Crippen LogP contribution in [0.1, 0.15) is 19.0 Å². The van der Waals surface area contributed by atoms with Gasteiger partial charge in [-0.3, -0.25) is 4.79 Å². The van der Waals surface area contributed by atoms with Crippen molar-refractivity contribution in [1.29, 1.82) is 0 Å². The molecule has 0 unspecified atom stereocenters. The van der Waals surface area contributed by atoms with Crippen molar-refractivity contribution < 1.29 is 4.79 Å². The zero-order chi connectivity index (χ0) is 14.7. The van der Waals surface area contributed by atoms with Crippen molar-refractivity contribution in [2.24, 2.45) is 0 Å². The van der Waals surface area contributed by atoms with E-state index in [-0.39, 0.29) is 5.91 Å². The van der Waals surface area contributed by atoms with Gasteiger partial charge in [0.1, 0.15) is 0 Å². The van der Waals surface area contributed by atoms with Crippen LogP contribution in [0, 0.1) is 0 Å². The molecule has 0 N–H and O–H groups in total. The number of nitrogens with zero attached hydrogens (tertiary/aromatic N) is 3. The first-order chi connectivity index (χ1) is 10.3. The van der Waals surface area contributed by atoms with Crippen molar-refractivity contribution in [1.82, 2.24) is 4.98 Å². The summed E-state index contributed by atoms with van der Waals surface area (Å²) < 4.78 is 0. The fourth-order valence-electron chi connectivity index (χ4n) is 2.74. The maximum atomic E-state index is 12.5. The Bertz CT molecular complexity index is 612. The Morgan fingerprint density at radius 1 is 1.29 bits per heavy atom. The van der Waals surface area contributed by atoms with Gasteiger partial charge in [-0.25, -0.2) is 4.98 Å². The molecular formula is C16H19N3OS. The predicted octanol–water partition coefficient (Wildman–Crippen LogP) is 2.95. The molecule has 0 radical (unpaired) electrons. The first-order valence-corrected chi connectivity index (χ1v) is 8.25. The number of amides is 1. The molecule has 5 heteroatoms. The molecule has 3 rings (SSSR count). The van der Waals surface area contributed by atoms with Crippen molar-refractivity contribution in [2.45, 2.75) is 19.8 Å². The van der Waals surface area contributed by atoms with E-state index in [2.05, 4.69) is 22.9 Å². The van der Waals surface area contributed by atoms with E-state index < -0.39 is 0 Å². The highest BCUT2D eigenvalue weighted by atomic mass is 32.1. The number of hydrogen-bond acceptors (Lipinski definition) is 4. The fraction of sp³-hybridized carbons (Fsp3) is 0.375. The number of para-hydroxylation sites is 2. The minimum absolute atomic E-state index is 0.186. The molecular weight excluding hydrogens is 282 g/mol. The Morgan fingerprint density at radius 3 is 2.81 bits per heavy atom.